The highest BCUT2D eigenvalue weighted by Gasteiger charge is 2.18. The molecule has 2 rings (SSSR count). The van der Waals surface area contributed by atoms with Crippen molar-refractivity contribution < 1.29 is 9.66 Å². The van der Waals surface area contributed by atoms with Crippen LogP contribution in [-0.4, -0.2) is 36.1 Å². The number of nitrogen functional groups attached to an aromatic ring is 1. The first-order valence-corrected chi connectivity index (χ1v) is 6.25. The Labute approximate surface area is 111 Å². The number of hydrazine groups is 1. The van der Waals surface area contributed by atoms with Gasteiger partial charge in [-0.2, -0.15) is 0 Å². The molecule has 0 aromatic heterocycles. The number of nitrogens with one attached hydrogen (secondary N) is 1. The zero-order chi connectivity index (χ0) is 13.7. The Kier molecular flexibility index (Phi) is 4.67. The number of nitrogens with zero attached hydrogens (tertiary/aromatic N) is 2. The largest absolute Gasteiger partial charge is 0.380 e. The minimum atomic E-state index is -0.426. The van der Waals surface area contributed by atoms with Crippen LogP contribution >= 0.6 is 0 Å². The lowest BCUT2D eigenvalue weighted by Gasteiger charge is -2.20. The monoisotopic (exact) mass is 266 g/mol. The van der Waals surface area contributed by atoms with Crippen LogP contribution in [-0.2, 0) is 11.3 Å². The first-order valence-electron chi connectivity index (χ1n) is 6.25. The van der Waals surface area contributed by atoms with Crippen molar-refractivity contribution in [3.05, 3.63) is 33.9 Å². The van der Waals surface area contributed by atoms with Crippen LogP contribution < -0.4 is 11.3 Å². The van der Waals surface area contributed by atoms with Gasteiger partial charge >= 0.3 is 0 Å². The third-order valence-electron chi connectivity index (χ3n) is 3.18. The molecule has 7 heteroatoms. The maximum absolute atomic E-state index is 11.0. The molecule has 1 saturated heterocycles. The molecule has 1 heterocycles. The molecule has 1 aromatic carbocycles. The first kappa shape index (κ1) is 13.7. The second kappa shape index (κ2) is 6.46. The number of hydrogen-bond acceptors (Lipinski definition) is 6. The molecule has 1 aliphatic rings. The Balaban J connectivity index is 2.19. The smallest absolute Gasteiger partial charge is 0.293 e. The standard InChI is InChI=1S/C12H18N4O3/c13-14-12-10(3-1-4-11(12)16(17)18)9-15-5-2-7-19-8-6-15/h1,3-4,14H,2,5-9,13H2. The van der Waals surface area contributed by atoms with E-state index in [0.29, 0.717) is 18.8 Å². The number of hydrogen-bond donors (Lipinski definition) is 2. The van der Waals surface area contributed by atoms with Gasteiger partial charge in [0.2, 0.25) is 0 Å². The average molecular weight is 266 g/mol. The van der Waals surface area contributed by atoms with Gasteiger partial charge in [-0.3, -0.25) is 20.9 Å². The Morgan fingerprint density at radius 1 is 1.42 bits per heavy atom. The van der Waals surface area contributed by atoms with Gasteiger partial charge in [-0.1, -0.05) is 12.1 Å². The molecule has 0 saturated carbocycles. The molecule has 0 bridgehead atoms. The van der Waals surface area contributed by atoms with Crippen LogP contribution in [0, 0.1) is 10.1 Å². The summed E-state index contributed by atoms with van der Waals surface area (Å²) in [6, 6.07) is 4.99. The molecule has 7 nitrogen and oxygen atoms in total. The summed E-state index contributed by atoms with van der Waals surface area (Å²) in [5.41, 5.74) is 3.68. The number of nitro groups is 1. The molecule has 0 radical (unpaired) electrons. The molecule has 0 amide bonds. The highest BCUT2D eigenvalue weighted by Crippen LogP contribution is 2.28. The number of anilines is 1. The van der Waals surface area contributed by atoms with Crippen molar-refractivity contribution in [2.75, 3.05) is 31.7 Å². The SMILES string of the molecule is NNc1c(CN2CCCOCC2)cccc1[N+](=O)[O-]. The predicted octanol–water partition coefficient (Wildman–Crippen LogP) is 1.10. The van der Waals surface area contributed by atoms with E-state index in [-0.39, 0.29) is 5.69 Å². The first-order chi connectivity index (χ1) is 9.22. The van der Waals surface area contributed by atoms with E-state index >= 15 is 0 Å². The second-order valence-electron chi connectivity index (χ2n) is 4.45. The van der Waals surface area contributed by atoms with Crippen LogP contribution in [0.15, 0.2) is 18.2 Å². The minimum absolute atomic E-state index is 0.00562. The van der Waals surface area contributed by atoms with Crippen molar-refractivity contribution in [3.63, 3.8) is 0 Å². The van der Waals surface area contributed by atoms with E-state index < -0.39 is 4.92 Å². The van der Waals surface area contributed by atoms with Crippen molar-refractivity contribution in [3.8, 4) is 0 Å². The van der Waals surface area contributed by atoms with Crippen LogP contribution in [0.25, 0.3) is 0 Å². The quantitative estimate of drug-likeness (QED) is 0.481. The van der Waals surface area contributed by atoms with Crippen LogP contribution in [0.5, 0.6) is 0 Å². The number of benzene rings is 1. The van der Waals surface area contributed by atoms with Gasteiger partial charge in [0.25, 0.3) is 5.69 Å². The van der Waals surface area contributed by atoms with Gasteiger partial charge in [-0.05, 0) is 12.0 Å². The van der Waals surface area contributed by atoms with Crippen LogP contribution in [0.1, 0.15) is 12.0 Å². The fourth-order valence-electron chi connectivity index (χ4n) is 2.23. The Morgan fingerprint density at radius 2 is 2.26 bits per heavy atom. The third-order valence-corrected chi connectivity index (χ3v) is 3.18. The Bertz CT molecular complexity index is 445. The number of ether oxygens (including phenoxy) is 1. The summed E-state index contributed by atoms with van der Waals surface area (Å²) in [6.07, 6.45) is 0.973. The van der Waals surface area contributed by atoms with E-state index in [1.165, 1.54) is 6.07 Å². The van der Waals surface area contributed by atoms with Gasteiger partial charge in [0.05, 0.1) is 11.5 Å². The number of nitro benzene ring substituents is 1. The van der Waals surface area contributed by atoms with E-state index in [4.69, 9.17) is 10.6 Å². The summed E-state index contributed by atoms with van der Waals surface area (Å²) in [7, 11) is 0. The third kappa shape index (κ3) is 3.40. The molecule has 1 aliphatic heterocycles. The fraction of sp³-hybridized carbons (Fsp3) is 0.500. The summed E-state index contributed by atoms with van der Waals surface area (Å²) in [5, 5.41) is 11.0. The van der Waals surface area contributed by atoms with Gasteiger partial charge in [0.15, 0.2) is 0 Å². The number of para-hydroxylation sites is 1. The lowest BCUT2D eigenvalue weighted by atomic mass is 10.1. The number of rotatable bonds is 4. The van der Waals surface area contributed by atoms with Gasteiger partial charge in [-0.15, -0.1) is 0 Å². The average Bonchev–Trinajstić information content (AvgIpc) is 2.67. The van der Waals surface area contributed by atoms with E-state index in [1.54, 1.807) is 6.07 Å². The molecule has 1 fully saturated rings. The highest BCUT2D eigenvalue weighted by molar-refractivity contribution is 5.65. The van der Waals surface area contributed by atoms with Gasteiger partial charge in [0.1, 0.15) is 5.69 Å². The molecule has 104 valence electrons. The Morgan fingerprint density at radius 3 is 3.00 bits per heavy atom. The lowest BCUT2D eigenvalue weighted by Crippen LogP contribution is -2.26. The maximum Gasteiger partial charge on any atom is 0.293 e. The van der Waals surface area contributed by atoms with Crippen molar-refractivity contribution in [1.82, 2.24) is 4.90 Å². The summed E-state index contributed by atoms with van der Waals surface area (Å²) in [5.74, 6) is 5.43. The molecule has 3 N–H and O–H groups in total. The van der Waals surface area contributed by atoms with E-state index in [1.807, 2.05) is 6.07 Å². The number of nitrogens with two attached hydrogens (primary N) is 1. The van der Waals surface area contributed by atoms with Gasteiger partial charge in [-0.25, -0.2) is 0 Å². The molecular formula is C12H18N4O3. The van der Waals surface area contributed by atoms with E-state index in [9.17, 15) is 10.1 Å². The maximum atomic E-state index is 11.0. The zero-order valence-corrected chi connectivity index (χ0v) is 10.7. The predicted molar refractivity (Wildman–Crippen MR) is 71.6 cm³/mol. The van der Waals surface area contributed by atoms with Crippen molar-refractivity contribution in [2.24, 2.45) is 5.84 Å². The van der Waals surface area contributed by atoms with Crippen molar-refractivity contribution >= 4 is 11.4 Å². The molecule has 0 spiro atoms. The zero-order valence-electron chi connectivity index (χ0n) is 10.7. The van der Waals surface area contributed by atoms with E-state index in [0.717, 1.165) is 31.7 Å². The normalized spacial score (nSPS) is 16.9. The van der Waals surface area contributed by atoms with E-state index in [2.05, 4.69) is 10.3 Å². The van der Waals surface area contributed by atoms with Crippen molar-refractivity contribution in [1.29, 1.82) is 0 Å². The second-order valence-corrected chi connectivity index (χ2v) is 4.45. The molecule has 0 unspecified atom stereocenters. The highest BCUT2D eigenvalue weighted by atomic mass is 16.6. The molecule has 1 aromatic rings. The molecule has 0 atom stereocenters. The van der Waals surface area contributed by atoms with Crippen LogP contribution in [0.3, 0.4) is 0 Å². The molecule has 0 aliphatic carbocycles. The fourth-order valence-corrected chi connectivity index (χ4v) is 2.23. The summed E-state index contributed by atoms with van der Waals surface area (Å²) in [6.45, 7) is 3.84. The molecular weight excluding hydrogens is 248 g/mol. The summed E-state index contributed by atoms with van der Waals surface area (Å²) < 4.78 is 5.39. The van der Waals surface area contributed by atoms with Gasteiger partial charge < -0.3 is 10.2 Å². The summed E-state index contributed by atoms with van der Waals surface area (Å²) in [4.78, 5) is 12.7. The van der Waals surface area contributed by atoms with Gasteiger partial charge in [0, 0.05) is 32.3 Å². The summed E-state index contributed by atoms with van der Waals surface area (Å²) >= 11 is 0. The topological polar surface area (TPSA) is 93.7 Å². The Hall–Kier alpha value is -1.70. The van der Waals surface area contributed by atoms with Crippen LogP contribution in [0.4, 0.5) is 11.4 Å². The lowest BCUT2D eigenvalue weighted by molar-refractivity contribution is -0.384. The minimum Gasteiger partial charge on any atom is -0.380 e. The van der Waals surface area contributed by atoms with Crippen LogP contribution in [0.2, 0.25) is 0 Å². The molecule has 19 heavy (non-hydrogen) atoms. The van der Waals surface area contributed by atoms with Crippen molar-refractivity contribution in [2.45, 2.75) is 13.0 Å².